The van der Waals surface area contributed by atoms with E-state index in [1.807, 2.05) is 42.8 Å². The van der Waals surface area contributed by atoms with Gasteiger partial charge in [-0.05, 0) is 31.5 Å². The molecule has 20 heavy (non-hydrogen) atoms. The van der Waals surface area contributed by atoms with Crippen LogP contribution in [0, 0.1) is 13.8 Å². The minimum Gasteiger partial charge on any atom is -0.497 e. The van der Waals surface area contributed by atoms with Crippen molar-refractivity contribution < 1.29 is 9.53 Å². The molecule has 0 unspecified atom stereocenters. The number of rotatable bonds is 4. The molecule has 2 rings (SSSR count). The fourth-order valence-electron chi connectivity index (χ4n) is 2.15. The van der Waals surface area contributed by atoms with Crippen LogP contribution in [0.5, 0.6) is 5.75 Å². The second-order valence-corrected chi connectivity index (χ2v) is 4.74. The van der Waals surface area contributed by atoms with E-state index < -0.39 is 0 Å². The monoisotopic (exact) mass is 273 g/mol. The van der Waals surface area contributed by atoms with Crippen LogP contribution in [-0.4, -0.2) is 22.8 Å². The van der Waals surface area contributed by atoms with Crippen LogP contribution in [-0.2, 0) is 11.3 Å². The van der Waals surface area contributed by atoms with Crippen molar-refractivity contribution in [2.24, 2.45) is 0 Å². The van der Waals surface area contributed by atoms with Crippen LogP contribution in [0.2, 0.25) is 0 Å². The molecule has 0 atom stereocenters. The molecule has 2 aromatic rings. The van der Waals surface area contributed by atoms with Crippen LogP contribution < -0.4 is 10.1 Å². The summed E-state index contributed by atoms with van der Waals surface area (Å²) in [6.45, 7) is 5.98. The Morgan fingerprint density at radius 3 is 2.80 bits per heavy atom. The summed E-state index contributed by atoms with van der Waals surface area (Å²) in [7, 11) is 1.65. The van der Waals surface area contributed by atoms with Gasteiger partial charge >= 0.3 is 0 Å². The summed E-state index contributed by atoms with van der Waals surface area (Å²) in [5.74, 6) is 0.739. The van der Waals surface area contributed by atoms with E-state index in [4.69, 9.17) is 4.74 Å². The number of hydrogen-bond acceptors (Lipinski definition) is 3. The lowest BCUT2D eigenvalue weighted by molar-refractivity contribution is -0.114. The van der Waals surface area contributed by atoms with Crippen LogP contribution in [0.15, 0.2) is 24.3 Å². The number of nitrogens with zero attached hydrogens (tertiary/aromatic N) is 2. The first kappa shape index (κ1) is 14.1. The van der Waals surface area contributed by atoms with Gasteiger partial charge in [-0.1, -0.05) is 12.1 Å². The summed E-state index contributed by atoms with van der Waals surface area (Å²) in [6.07, 6.45) is 0. The highest BCUT2D eigenvalue weighted by molar-refractivity contribution is 5.89. The zero-order valence-electron chi connectivity index (χ0n) is 12.2. The highest BCUT2D eigenvalue weighted by atomic mass is 16.5. The molecule has 5 nitrogen and oxygen atoms in total. The van der Waals surface area contributed by atoms with Crippen molar-refractivity contribution in [2.45, 2.75) is 27.3 Å². The van der Waals surface area contributed by atoms with Gasteiger partial charge < -0.3 is 10.1 Å². The number of methoxy groups -OCH3 is 1. The largest absolute Gasteiger partial charge is 0.497 e. The Morgan fingerprint density at radius 2 is 2.15 bits per heavy atom. The van der Waals surface area contributed by atoms with Crippen LogP contribution in [0.1, 0.15) is 23.9 Å². The fraction of sp³-hybridized carbons (Fsp3) is 0.333. The Kier molecular flexibility index (Phi) is 4.08. The van der Waals surface area contributed by atoms with E-state index in [2.05, 4.69) is 10.4 Å². The van der Waals surface area contributed by atoms with Crippen molar-refractivity contribution in [2.75, 3.05) is 12.4 Å². The number of anilines is 1. The van der Waals surface area contributed by atoms with Crippen LogP contribution in [0.4, 0.5) is 5.69 Å². The Labute approximate surface area is 118 Å². The van der Waals surface area contributed by atoms with E-state index in [1.54, 1.807) is 7.11 Å². The van der Waals surface area contributed by atoms with Gasteiger partial charge in [0.05, 0.1) is 30.7 Å². The summed E-state index contributed by atoms with van der Waals surface area (Å²) in [4.78, 5) is 11.2. The average molecular weight is 273 g/mol. The topological polar surface area (TPSA) is 56.1 Å². The number of carbonyl (C=O) groups is 1. The zero-order chi connectivity index (χ0) is 14.7. The predicted octanol–water partition coefficient (Wildman–Crippen LogP) is 2.52. The standard InChI is InChI=1S/C15H19N3O2/c1-10-15(16-12(3)19)11(2)18(17-10)9-13-6-5-7-14(8-13)20-4/h5-8H,9H2,1-4H3,(H,16,19). The van der Waals surface area contributed by atoms with Gasteiger partial charge in [-0.15, -0.1) is 0 Å². The minimum absolute atomic E-state index is 0.0860. The lowest BCUT2D eigenvalue weighted by atomic mass is 10.2. The van der Waals surface area contributed by atoms with Gasteiger partial charge in [0.25, 0.3) is 0 Å². The molecule has 0 saturated carbocycles. The Hall–Kier alpha value is -2.30. The fourth-order valence-corrected chi connectivity index (χ4v) is 2.15. The summed E-state index contributed by atoms with van der Waals surface area (Å²) in [6, 6.07) is 7.87. The Balaban J connectivity index is 2.27. The molecule has 0 aliphatic heterocycles. The van der Waals surface area contributed by atoms with Crippen molar-refractivity contribution in [3.63, 3.8) is 0 Å². The maximum absolute atomic E-state index is 11.2. The smallest absolute Gasteiger partial charge is 0.221 e. The molecule has 0 saturated heterocycles. The van der Waals surface area contributed by atoms with Gasteiger partial charge in [0, 0.05) is 6.92 Å². The quantitative estimate of drug-likeness (QED) is 0.931. The van der Waals surface area contributed by atoms with Crippen LogP contribution in [0.3, 0.4) is 0 Å². The summed E-state index contributed by atoms with van der Waals surface area (Å²) in [5, 5.41) is 7.30. The van der Waals surface area contributed by atoms with Gasteiger partial charge in [-0.2, -0.15) is 5.10 Å². The number of benzene rings is 1. The number of carbonyl (C=O) groups excluding carboxylic acids is 1. The van der Waals surface area contributed by atoms with Crippen LogP contribution in [0.25, 0.3) is 0 Å². The molecule has 0 radical (unpaired) electrons. The van der Waals surface area contributed by atoms with Crippen LogP contribution >= 0.6 is 0 Å². The number of nitrogens with one attached hydrogen (secondary N) is 1. The van der Waals surface area contributed by atoms with Gasteiger partial charge in [0.1, 0.15) is 5.75 Å². The molecular formula is C15H19N3O2. The SMILES string of the molecule is COc1cccc(Cn2nc(C)c(NC(C)=O)c2C)c1. The molecule has 0 fully saturated rings. The van der Waals surface area contributed by atoms with Gasteiger partial charge in [0.2, 0.25) is 5.91 Å². The lowest BCUT2D eigenvalue weighted by Gasteiger charge is -2.07. The van der Waals surface area contributed by atoms with Gasteiger partial charge in [0.15, 0.2) is 0 Å². The second-order valence-electron chi connectivity index (χ2n) is 4.74. The minimum atomic E-state index is -0.0860. The van der Waals surface area contributed by atoms with E-state index >= 15 is 0 Å². The molecule has 0 aliphatic rings. The highest BCUT2D eigenvalue weighted by Gasteiger charge is 2.12. The maximum atomic E-state index is 11.2. The molecule has 1 amide bonds. The Morgan fingerprint density at radius 1 is 1.40 bits per heavy atom. The van der Waals surface area contributed by atoms with Crippen molar-refractivity contribution >= 4 is 11.6 Å². The summed E-state index contributed by atoms with van der Waals surface area (Å²) >= 11 is 0. The van der Waals surface area contributed by atoms with Gasteiger partial charge in [-0.25, -0.2) is 0 Å². The van der Waals surface area contributed by atoms with Crippen molar-refractivity contribution in [1.29, 1.82) is 0 Å². The van der Waals surface area contributed by atoms with Gasteiger partial charge in [-0.3, -0.25) is 9.48 Å². The van der Waals surface area contributed by atoms with Crippen molar-refractivity contribution in [1.82, 2.24) is 9.78 Å². The zero-order valence-corrected chi connectivity index (χ0v) is 12.2. The number of aryl methyl sites for hydroxylation is 1. The summed E-state index contributed by atoms with van der Waals surface area (Å²) in [5.41, 5.74) is 3.66. The number of amides is 1. The van der Waals surface area contributed by atoms with Crippen molar-refractivity contribution in [3.05, 3.63) is 41.2 Å². The molecule has 1 aromatic carbocycles. The van der Waals surface area contributed by atoms with E-state index in [0.29, 0.717) is 6.54 Å². The predicted molar refractivity (Wildman–Crippen MR) is 78.1 cm³/mol. The van der Waals surface area contributed by atoms with E-state index in [1.165, 1.54) is 6.92 Å². The third-order valence-corrected chi connectivity index (χ3v) is 3.15. The third-order valence-electron chi connectivity index (χ3n) is 3.15. The number of aromatic nitrogens is 2. The normalized spacial score (nSPS) is 10.4. The first-order valence-corrected chi connectivity index (χ1v) is 6.45. The molecule has 0 spiro atoms. The van der Waals surface area contributed by atoms with E-state index in [-0.39, 0.29) is 5.91 Å². The first-order chi connectivity index (χ1) is 9.51. The second kappa shape index (κ2) is 5.77. The van der Waals surface area contributed by atoms with E-state index in [0.717, 1.165) is 28.4 Å². The molecular weight excluding hydrogens is 254 g/mol. The molecule has 1 aromatic heterocycles. The Bertz CT molecular complexity index is 632. The molecule has 0 aliphatic carbocycles. The number of hydrogen-bond donors (Lipinski definition) is 1. The van der Waals surface area contributed by atoms with E-state index in [9.17, 15) is 4.79 Å². The lowest BCUT2D eigenvalue weighted by Crippen LogP contribution is -2.08. The molecule has 106 valence electrons. The molecule has 1 N–H and O–H groups in total. The average Bonchev–Trinajstić information content (AvgIpc) is 2.66. The summed E-state index contributed by atoms with van der Waals surface area (Å²) < 4.78 is 7.10. The molecule has 1 heterocycles. The molecule has 0 bridgehead atoms. The first-order valence-electron chi connectivity index (χ1n) is 6.45. The highest BCUT2D eigenvalue weighted by Crippen LogP contribution is 2.21. The number of ether oxygens (including phenoxy) is 1. The molecule has 5 heteroatoms. The maximum Gasteiger partial charge on any atom is 0.221 e. The van der Waals surface area contributed by atoms with Crippen molar-refractivity contribution in [3.8, 4) is 5.75 Å². The third kappa shape index (κ3) is 2.99.